The van der Waals surface area contributed by atoms with Crippen molar-refractivity contribution in [2.24, 2.45) is 0 Å². The summed E-state index contributed by atoms with van der Waals surface area (Å²) in [4.78, 5) is 21.6. The number of hydrogen-bond donors (Lipinski definition) is 1. The average Bonchev–Trinajstić information content (AvgIpc) is 2.95. The van der Waals surface area contributed by atoms with Gasteiger partial charge in [0.2, 0.25) is 5.82 Å². The van der Waals surface area contributed by atoms with Gasteiger partial charge in [-0.1, -0.05) is 30.3 Å². The Morgan fingerprint density at radius 2 is 1.56 bits per heavy atom. The number of hydrogen-bond acceptors (Lipinski definition) is 3. The summed E-state index contributed by atoms with van der Waals surface area (Å²) in [6, 6.07) is 3.72. The molecule has 1 fully saturated rings. The Bertz CT molecular complexity index is 1300. The second-order valence-corrected chi connectivity index (χ2v) is 9.30. The second kappa shape index (κ2) is 7.96. The maximum Gasteiger partial charge on any atom is 0.258 e. The van der Waals surface area contributed by atoms with Crippen molar-refractivity contribution in [2.75, 3.05) is 4.90 Å². The number of carbonyl (C=O) groups is 2. The second-order valence-electron chi connectivity index (χ2n) is 7.63. The van der Waals surface area contributed by atoms with Gasteiger partial charge in [-0.05, 0) is 30.2 Å². The zero-order valence-corrected chi connectivity index (χ0v) is 18.9. The van der Waals surface area contributed by atoms with Gasteiger partial charge in [0, 0.05) is 16.5 Å². The van der Waals surface area contributed by atoms with E-state index in [1.165, 1.54) is 30.4 Å². The van der Waals surface area contributed by atoms with Crippen molar-refractivity contribution in [1.29, 1.82) is 0 Å². The van der Waals surface area contributed by atoms with E-state index < -0.39 is 74.4 Å². The Kier molecular flexibility index (Phi) is 5.74. The van der Waals surface area contributed by atoms with Crippen LogP contribution in [0.2, 0.25) is 5.02 Å². The van der Waals surface area contributed by atoms with Crippen LogP contribution in [0.5, 0.6) is 5.75 Å². The Balaban J connectivity index is 2.02. The van der Waals surface area contributed by atoms with E-state index >= 15 is 0 Å². The summed E-state index contributed by atoms with van der Waals surface area (Å²) in [6.07, 6.45) is 2.15. The van der Waals surface area contributed by atoms with Crippen molar-refractivity contribution in [3.05, 3.63) is 82.2 Å². The lowest BCUT2D eigenvalue weighted by Gasteiger charge is -2.42. The average molecular weight is 539 g/mol. The monoisotopic (exact) mass is 537 g/mol. The topological polar surface area (TPSA) is 57.6 Å². The molecule has 4 nitrogen and oxygen atoms in total. The molecule has 1 N–H and O–H groups in total. The first-order valence-corrected chi connectivity index (χ1v) is 10.5. The van der Waals surface area contributed by atoms with Gasteiger partial charge in [0.15, 0.2) is 33.0 Å². The van der Waals surface area contributed by atoms with Crippen LogP contribution in [0.3, 0.4) is 0 Å². The largest absolute Gasteiger partial charge is 0.508 e. The molecule has 12 heteroatoms. The van der Waals surface area contributed by atoms with Crippen LogP contribution in [0.4, 0.5) is 27.6 Å². The van der Waals surface area contributed by atoms with Gasteiger partial charge in [-0.15, -0.1) is 23.2 Å². The fourth-order valence-electron chi connectivity index (χ4n) is 4.30. The third-order valence-corrected chi connectivity index (χ3v) is 7.58. The summed E-state index contributed by atoms with van der Waals surface area (Å²) in [5.41, 5.74) is -1.70. The lowest BCUT2D eigenvalue weighted by atomic mass is 9.68. The van der Waals surface area contributed by atoms with Crippen molar-refractivity contribution >= 4 is 52.3 Å². The standard InChI is InChI=1S/C22H11Cl3F5NO3/c1-2-8-5-6-21(24)19(33)31(18-16(29)14(27)13(26)15(28)17(18)30)20(34)22(21,25)12(8)10-7-9(23)3-4-11(10)32/h2-5,7,12,32H,1,6H2/t12-,21-,22+/m1/s1. The predicted molar refractivity (Wildman–Crippen MR) is 115 cm³/mol. The van der Waals surface area contributed by atoms with E-state index in [1.54, 1.807) is 0 Å². The minimum atomic E-state index is -2.58. The van der Waals surface area contributed by atoms with E-state index in [4.69, 9.17) is 34.8 Å². The fraction of sp³-hybridized carbons (Fsp3) is 0.182. The molecule has 1 aliphatic heterocycles. The molecule has 2 aliphatic rings. The van der Waals surface area contributed by atoms with E-state index in [1.807, 2.05) is 0 Å². The number of rotatable bonds is 3. The molecule has 0 spiro atoms. The van der Waals surface area contributed by atoms with E-state index in [2.05, 4.69) is 6.58 Å². The highest BCUT2D eigenvalue weighted by Crippen LogP contribution is 2.61. The number of imide groups is 1. The SMILES string of the molecule is C=CC1=CC[C@@]2(Cl)C(=O)N(c3c(F)c(F)c(F)c(F)c3F)C(=O)[C@@]2(Cl)[C@H]1c1cc(Cl)ccc1O. The van der Waals surface area contributed by atoms with Crippen molar-refractivity contribution in [3.63, 3.8) is 0 Å². The molecule has 0 aromatic heterocycles. The van der Waals surface area contributed by atoms with Crippen molar-refractivity contribution in [2.45, 2.75) is 22.1 Å². The first kappa shape index (κ1) is 24.5. The summed E-state index contributed by atoms with van der Waals surface area (Å²) < 4.78 is 70.5. The highest BCUT2D eigenvalue weighted by atomic mass is 35.5. The molecule has 4 rings (SSSR count). The highest BCUT2D eigenvalue weighted by Gasteiger charge is 2.74. The molecule has 1 saturated heterocycles. The smallest absolute Gasteiger partial charge is 0.258 e. The number of allylic oxidation sites excluding steroid dienone is 3. The zero-order valence-electron chi connectivity index (χ0n) is 16.6. The summed E-state index contributed by atoms with van der Waals surface area (Å²) >= 11 is 19.3. The van der Waals surface area contributed by atoms with Gasteiger partial charge in [0.25, 0.3) is 11.8 Å². The molecule has 178 valence electrons. The van der Waals surface area contributed by atoms with Gasteiger partial charge < -0.3 is 5.11 Å². The van der Waals surface area contributed by atoms with Gasteiger partial charge >= 0.3 is 0 Å². The molecule has 2 amide bonds. The number of nitrogens with zero attached hydrogens (tertiary/aromatic N) is 1. The van der Waals surface area contributed by atoms with Crippen LogP contribution in [-0.4, -0.2) is 26.7 Å². The lowest BCUT2D eigenvalue weighted by molar-refractivity contribution is -0.122. The van der Waals surface area contributed by atoms with E-state index in [0.29, 0.717) is 0 Å². The molecule has 2 aromatic carbocycles. The third kappa shape index (κ3) is 2.96. The van der Waals surface area contributed by atoms with E-state index in [0.717, 1.165) is 0 Å². The summed E-state index contributed by atoms with van der Waals surface area (Å²) in [6.45, 7) is 3.61. The third-order valence-electron chi connectivity index (χ3n) is 5.93. The van der Waals surface area contributed by atoms with Gasteiger partial charge in [-0.2, -0.15) is 0 Å². The van der Waals surface area contributed by atoms with Crippen LogP contribution < -0.4 is 4.90 Å². The minimum absolute atomic E-state index is 0.0845. The van der Waals surface area contributed by atoms with Crippen LogP contribution in [0.25, 0.3) is 0 Å². The summed E-state index contributed by atoms with van der Waals surface area (Å²) in [5.74, 6) is -17.0. The number of amides is 2. The molecule has 34 heavy (non-hydrogen) atoms. The van der Waals surface area contributed by atoms with Crippen molar-refractivity contribution in [1.82, 2.24) is 0 Å². The summed E-state index contributed by atoms with van der Waals surface area (Å²) in [5, 5.41) is 10.5. The van der Waals surface area contributed by atoms with Crippen LogP contribution in [0, 0.1) is 29.1 Å². The first-order chi connectivity index (χ1) is 15.8. The zero-order chi connectivity index (χ0) is 25.3. The Morgan fingerprint density at radius 3 is 2.12 bits per heavy atom. The van der Waals surface area contributed by atoms with Gasteiger partial charge in [-0.3, -0.25) is 9.59 Å². The van der Waals surface area contributed by atoms with E-state index in [-0.39, 0.29) is 21.1 Å². The number of aromatic hydroxyl groups is 1. The quantitative estimate of drug-likeness (QED) is 0.175. The van der Waals surface area contributed by atoms with Gasteiger partial charge in [-0.25, -0.2) is 26.9 Å². The maximum atomic E-state index is 14.6. The van der Waals surface area contributed by atoms with Crippen LogP contribution in [0.1, 0.15) is 17.9 Å². The Morgan fingerprint density at radius 1 is 1.00 bits per heavy atom. The number of benzene rings is 2. The fourth-order valence-corrected chi connectivity index (χ4v) is 5.31. The van der Waals surface area contributed by atoms with Crippen molar-refractivity contribution in [3.8, 4) is 5.75 Å². The molecule has 1 heterocycles. The van der Waals surface area contributed by atoms with Gasteiger partial charge in [0.05, 0.1) is 0 Å². The molecular formula is C22H11Cl3F5NO3. The number of halogens is 8. The first-order valence-electron chi connectivity index (χ1n) is 9.42. The van der Waals surface area contributed by atoms with Crippen LogP contribution >= 0.6 is 34.8 Å². The molecular weight excluding hydrogens is 528 g/mol. The number of anilines is 1. The number of alkyl halides is 2. The Labute approximate surface area is 203 Å². The minimum Gasteiger partial charge on any atom is -0.508 e. The molecule has 0 unspecified atom stereocenters. The molecule has 0 saturated carbocycles. The molecule has 3 atom stereocenters. The van der Waals surface area contributed by atoms with Crippen LogP contribution in [-0.2, 0) is 9.59 Å². The lowest BCUT2D eigenvalue weighted by Crippen LogP contribution is -2.54. The van der Waals surface area contributed by atoms with E-state index in [9.17, 15) is 36.6 Å². The molecule has 2 aromatic rings. The number of phenols is 1. The number of carbonyl (C=O) groups excluding carboxylic acids is 2. The Hall–Kier alpha value is -2.62. The summed E-state index contributed by atoms with van der Waals surface area (Å²) in [7, 11) is 0. The maximum absolute atomic E-state index is 14.6. The molecule has 1 aliphatic carbocycles. The van der Waals surface area contributed by atoms with Gasteiger partial charge in [0.1, 0.15) is 11.4 Å². The normalized spacial score (nSPS) is 26.5. The number of fused-ring (bicyclic) bond motifs is 1. The highest BCUT2D eigenvalue weighted by molar-refractivity contribution is 6.58. The van der Waals surface area contributed by atoms with Crippen molar-refractivity contribution < 1.29 is 36.6 Å². The van der Waals surface area contributed by atoms with Crippen LogP contribution in [0.15, 0.2) is 42.5 Å². The predicted octanol–water partition coefficient (Wildman–Crippen LogP) is 5.87. The number of phenolic OH excluding ortho intramolecular Hbond substituents is 1. The molecule has 0 radical (unpaired) electrons. The molecule has 0 bridgehead atoms.